The van der Waals surface area contributed by atoms with Crippen LogP contribution in [-0.4, -0.2) is 31.4 Å². The minimum Gasteiger partial charge on any atom is -0.465 e. The van der Waals surface area contributed by atoms with Crippen LogP contribution in [0.3, 0.4) is 0 Å². The van der Waals surface area contributed by atoms with E-state index in [1.165, 1.54) is 12.1 Å². The Bertz CT molecular complexity index is 662. The number of amides is 1. The second-order valence-electron chi connectivity index (χ2n) is 5.58. The van der Waals surface area contributed by atoms with Crippen molar-refractivity contribution in [1.29, 1.82) is 0 Å². The lowest BCUT2D eigenvalue weighted by molar-refractivity contribution is 0.209. The highest BCUT2D eigenvalue weighted by atomic mass is 32.2. The van der Waals surface area contributed by atoms with Gasteiger partial charge < -0.3 is 10.4 Å². The molecule has 1 aliphatic carbocycles. The van der Waals surface area contributed by atoms with Gasteiger partial charge in [0.15, 0.2) is 9.84 Å². The highest BCUT2D eigenvalue weighted by Crippen LogP contribution is 2.38. The number of sulfone groups is 1. The van der Waals surface area contributed by atoms with Crippen LogP contribution >= 0.6 is 0 Å². The van der Waals surface area contributed by atoms with E-state index in [-0.39, 0.29) is 11.3 Å². The van der Waals surface area contributed by atoms with Gasteiger partial charge in [-0.3, -0.25) is 5.32 Å². The Morgan fingerprint density at radius 1 is 1.29 bits per heavy atom. The minimum atomic E-state index is -3.29. The van der Waals surface area contributed by atoms with Crippen LogP contribution in [-0.2, 0) is 9.84 Å². The molecule has 0 aromatic heterocycles. The fourth-order valence-corrected chi connectivity index (χ4v) is 4.69. The predicted octanol–water partition coefficient (Wildman–Crippen LogP) is 2.14. The molecule has 0 spiro atoms. The van der Waals surface area contributed by atoms with Gasteiger partial charge in [0.25, 0.3) is 0 Å². The molecule has 2 aliphatic rings. The van der Waals surface area contributed by atoms with Crippen LogP contribution in [0, 0.1) is 0 Å². The fraction of sp³-hybridized carbons (Fsp3) is 0.500. The fourth-order valence-electron chi connectivity index (χ4n) is 2.79. The lowest BCUT2D eigenvalue weighted by atomic mass is 10.0. The van der Waals surface area contributed by atoms with Crippen molar-refractivity contribution >= 4 is 21.6 Å². The van der Waals surface area contributed by atoms with Crippen molar-refractivity contribution in [2.24, 2.45) is 0 Å². The summed E-state index contributed by atoms with van der Waals surface area (Å²) in [5.74, 6) is 0. The Hall–Kier alpha value is -1.60. The molecule has 1 saturated heterocycles. The third-order valence-electron chi connectivity index (χ3n) is 3.97. The second-order valence-corrected chi connectivity index (χ2v) is 7.77. The first-order chi connectivity index (χ1) is 9.98. The number of hydrogen-bond acceptors (Lipinski definition) is 4. The second kappa shape index (κ2) is 5.31. The first-order valence-corrected chi connectivity index (χ1v) is 8.64. The van der Waals surface area contributed by atoms with Gasteiger partial charge in [0.2, 0.25) is 0 Å². The summed E-state index contributed by atoms with van der Waals surface area (Å²) in [6.07, 6.45) is 2.14. The number of hydrogen-bond donors (Lipinski definition) is 3. The van der Waals surface area contributed by atoms with Gasteiger partial charge in [0.05, 0.1) is 10.1 Å². The Balaban J connectivity index is 2.03. The molecule has 1 aliphatic heterocycles. The van der Waals surface area contributed by atoms with Gasteiger partial charge >= 0.3 is 6.09 Å². The molecule has 1 aromatic rings. The molecule has 0 radical (unpaired) electrons. The van der Waals surface area contributed by atoms with Crippen LogP contribution in [0.4, 0.5) is 10.5 Å². The zero-order chi connectivity index (χ0) is 15.0. The van der Waals surface area contributed by atoms with E-state index in [1.807, 2.05) is 0 Å². The van der Waals surface area contributed by atoms with Gasteiger partial charge in [-0.15, -0.1) is 0 Å². The van der Waals surface area contributed by atoms with Crippen LogP contribution in [0.1, 0.15) is 37.3 Å². The molecule has 114 valence electrons. The van der Waals surface area contributed by atoms with E-state index in [0.29, 0.717) is 16.1 Å². The lowest BCUT2D eigenvalue weighted by Gasteiger charge is -2.17. The normalized spacial score (nSPS) is 22.2. The molecule has 1 heterocycles. The molecule has 1 amide bonds. The van der Waals surface area contributed by atoms with Crippen molar-refractivity contribution in [2.75, 3.05) is 11.9 Å². The number of anilines is 1. The first kappa shape index (κ1) is 14.3. The summed E-state index contributed by atoms with van der Waals surface area (Å²) in [5, 5.41) is 14.1. The van der Waals surface area contributed by atoms with Crippen LogP contribution in [0.2, 0.25) is 0 Å². The molecule has 1 unspecified atom stereocenters. The number of carboxylic acid groups (broad SMARTS) is 1. The molecular formula is C14H18N2O4S. The highest BCUT2D eigenvalue weighted by Gasteiger charge is 2.39. The van der Waals surface area contributed by atoms with E-state index in [4.69, 9.17) is 5.11 Å². The van der Waals surface area contributed by atoms with Gasteiger partial charge in [-0.1, -0.05) is 0 Å². The lowest BCUT2D eigenvalue weighted by Crippen LogP contribution is -2.19. The maximum atomic E-state index is 12.5. The molecule has 1 saturated carbocycles. The molecule has 3 N–H and O–H groups in total. The smallest absolute Gasteiger partial charge is 0.409 e. The van der Waals surface area contributed by atoms with Crippen molar-refractivity contribution in [2.45, 2.75) is 41.9 Å². The molecule has 1 aromatic carbocycles. The summed E-state index contributed by atoms with van der Waals surface area (Å²) in [4.78, 5) is 11.1. The largest absolute Gasteiger partial charge is 0.465 e. The third-order valence-corrected chi connectivity index (χ3v) is 6.30. The summed E-state index contributed by atoms with van der Waals surface area (Å²) >= 11 is 0. The molecule has 21 heavy (non-hydrogen) atoms. The molecular weight excluding hydrogens is 292 g/mol. The number of benzene rings is 1. The molecule has 3 rings (SSSR count). The van der Waals surface area contributed by atoms with Crippen molar-refractivity contribution in [3.05, 3.63) is 23.8 Å². The van der Waals surface area contributed by atoms with E-state index < -0.39 is 15.9 Å². The van der Waals surface area contributed by atoms with Gasteiger partial charge in [0.1, 0.15) is 0 Å². The van der Waals surface area contributed by atoms with E-state index >= 15 is 0 Å². The van der Waals surface area contributed by atoms with E-state index in [9.17, 15) is 13.2 Å². The van der Waals surface area contributed by atoms with Crippen LogP contribution in [0.25, 0.3) is 0 Å². The minimum absolute atomic E-state index is 0.0240. The molecule has 7 heteroatoms. The topological polar surface area (TPSA) is 95.5 Å². The van der Waals surface area contributed by atoms with Crippen LogP contribution in [0.15, 0.2) is 23.1 Å². The highest BCUT2D eigenvalue weighted by molar-refractivity contribution is 7.92. The van der Waals surface area contributed by atoms with Gasteiger partial charge in [-0.25, -0.2) is 13.2 Å². The van der Waals surface area contributed by atoms with Crippen molar-refractivity contribution in [3.63, 3.8) is 0 Å². The summed E-state index contributed by atoms with van der Waals surface area (Å²) in [6.45, 7) is 0.851. The Labute approximate surface area is 123 Å². The van der Waals surface area contributed by atoms with Crippen molar-refractivity contribution < 1.29 is 18.3 Å². The number of nitrogens with one attached hydrogen (secondary N) is 2. The van der Waals surface area contributed by atoms with Crippen molar-refractivity contribution in [1.82, 2.24) is 5.32 Å². The van der Waals surface area contributed by atoms with E-state index in [0.717, 1.165) is 32.2 Å². The molecule has 2 fully saturated rings. The average molecular weight is 310 g/mol. The van der Waals surface area contributed by atoms with Gasteiger partial charge in [-0.05, 0) is 56.0 Å². The van der Waals surface area contributed by atoms with Crippen molar-refractivity contribution in [3.8, 4) is 0 Å². The molecule has 0 bridgehead atoms. The zero-order valence-corrected chi connectivity index (χ0v) is 12.3. The Morgan fingerprint density at radius 3 is 2.62 bits per heavy atom. The third kappa shape index (κ3) is 2.89. The number of rotatable bonds is 4. The van der Waals surface area contributed by atoms with E-state index in [2.05, 4.69) is 10.6 Å². The zero-order valence-electron chi connectivity index (χ0n) is 11.5. The summed E-state index contributed by atoms with van der Waals surface area (Å²) < 4.78 is 25.1. The quantitative estimate of drug-likeness (QED) is 0.792. The summed E-state index contributed by atoms with van der Waals surface area (Å²) in [5.41, 5.74) is 1.09. The van der Waals surface area contributed by atoms with Gasteiger partial charge in [-0.2, -0.15) is 0 Å². The Kier molecular flexibility index (Phi) is 3.62. The monoisotopic (exact) mass is 310 g/mol. The maximum absolute atomic E-state index is 12.5. The maximum Gasteiger partial charge on any atom is 0.409 e. The number of carbonyl (C=O) groups is 1. The van der Waals surface area contributed by atoms with Crippen LogP contribution in [0.5, 0.6) is 0 Å². The SMILES string of the molecule is O=C(O)Nc1ccc(S(=O)(=O)C2CC2)c(C2CCCN2)c1. The first-order valence-electron chi connectivity index (χ1n) is 7.09. The van der Waals surface area contributed by atoms with Crippen LogP contribution < -0.4 is 10.6 Å². The predicted molar refractivity (Wildman–Crippen MR) is 78.3 cm³/mol. The van der Waals surface area contributed by atoms with Gasteiger partial charge in [0, 0.05) is 11.7 Å². The Morgan fingerprint density at radius 2 is 2.05 bits per heavy atom. The molecule has 6 nitrogen and oxygen atoms in total. The van der Waals surface area contributed by atoms with E-state index in [1.54, 1.807) is 6.07 Å². The average Bonchev–Trinajstić information content (AvgIpc) is 3.15. The summed E-state index contributed by atoms with van der Waals surface area (Å²) in [7, 11) is -3.29. The standard InChI is InChI=1S/C14H18N2O4S/c17-14(18)16-9-3-6-13(21(19,20)10-4-5-10)11(8-9)12-2-1-7-15-12/h3,6,8,10,12,15-16H,1-2,4-5,7H2,(H,17,18). The summed E-state index contributed by atoms with van der Waals surface area (Å²) in [6, 6.07) is 4.67. The molecule has 1 atom stereocenters.